The SMILES string of the molecule is CCNC(=NCc1cccc(OC)c1)NCc1c(F)cccc1OC(F)F. The second kappa shape index (κ2) is 10.3. The summed E-state index contributed by atoms with van der Waals surface area (Å²) in [7, 11) is 1.58. The Bertz CT molecular complexity index is 770. The first-order chi connectivity index (χ1) is 13.0. The summed E-state index contributed by atoms with van der Waals surface area (Å²) in [5, 5.41) is 5.96. The molecule has 0 radical (unpaired) electrons. The summed E-state index contributed by atoms with van der Waals surface area (Å²) in [5.41, 5.74) is 0.934. The van der Waals surface area contributed by atoms with Crippen LogP contribution in [0.4, 0.5) is 13.2 Å². The van der Waals surface area contributed by atoms with Gasteiger partial charge >= 0.3 is 6.61 Å². The van der Waals surface area contributed by atoms with Gasteiger partial charge in [-0.3, -0.25) is 0 Å². The fraction of sp³-hybridized carbons (Fsp3) is 0.316. The van der Waals surface area contributed by atoms with Crippen molar-refractivity contribution in [1.82, 2.24) is 10.6 Å². The van der Waals surface area contributed by atoms with Gasteiger partial charge in [0.2, 0.25) is 0 Å². The molecule has 0 bridgehead atoms. The smallest absolute Gasteiger partial charge is 0.387 e. The molecule has 2 N–H and O–H groups in total. The van der Waals surface area contributed by atoms with Crippen LogP contribution >= 0.6 is 0 Å². The van der Waals surface area contributed by atoms with Gasteiger partial charge in [0, 0.05) is 18.7 Å². The van der Waals surface area contributed by atoms with E-state index in [0.717, 1.165) is 11.3 Å². The zero-order valence-electron chi connectivity index (χ0n) is 15.1. The van der Waals surface area contributed by atoms with Crippen molar-refractivity contribution in [3.05, 3.63) is 59.4 Å². The maximum Gasteiger partial charge on any atom is 0.387 e. The van der Waals surface area contributed by atoms with Crippen LogP contribution in [0.15, 0.2) is 47.5 Å². The normalized spacial score (nSPS) is 11.4. The third kappa shape index (κ3) is 6.40. The third-order valence-corrected chi connectivity index (χ3v) is 3.62. The summed E-state index contributed by atoms with van der Waals surface area (Å²) in [5.74, 6) is 0.304. The van der Waals surface area contributed by atoms with Crippen LogP contribution < -0.4 is 20.1 Å². The highest BCUT2D eigenvalue weighted by molar-refractivity contribution is 5.79. The number of methoxy groups -OCH3 is 1. The van der Waals surface area contributed by atoms with Gasteiger partial charge in [0.1, 0.15) is 17.3 Å². The number of aliphatic imine (C=N–C) groups is 1. The fourth-order valence-electron chi connectivity index (χ4n) is 2.37. The molecule has 0 aromatic heterocycles. The van der Waals surface area contributed by atoms with E-state index in [1.165, 1.54) is 18.2 Å². The summed E-state index contributed by atoms with van der Waals surface area (Å²) in [6.07, 6.45) is 0. The molecule has 146 valence electrons. The van der Waals surface area contributed by atoms with Crippen molar-refractivity contribution in [2.75, 3.05) is 13.7 Å². The van der Waals surface area contributed by atoms with Gasteiger partial charge in [-0.25, -0.2) is 9.38 Å². The minimum Gasteiger partial charge on any atom is -0.497 e. The van der Waals surface area contributed by atoms with Crippen molar-refractivity contribution in [2.45, 2.75) is 26.6 Å². The van der Waals surface area contributed by atoms with Crippen LogP contribution in [0.25, 0.3) is 0 Å². The predicted molar refractivity (Wildman–Crippen MR) is 97.7 cm³/mol. The Morgan fingerprint density at radius 2 is 1.93 bits per heavy atom. The maximum atomic E-state index is 14.0. The number of hydrogen-bond donors (Lipinski definition) is 2. The minimum absolute atomic E-state index is 0.00443. The first-order valence-electron chi connectivity index (χ1n) is 8.40. The van der Waals surface area contributed by atoms with Crippen molar-refractivity contribution in [1.29, 1.82) is 0 Å². The minimum atomic E-state index is -3.03. The van der Waals surface area contributed by atoms with Gasteiger partial charge in [0.15, 0.2) is 5.96 Å². The van der Waals surface area contributed by atoms with E-state index in [-0.39, 0.29) is 17.9 Å². The highest BCUT2D eigenvalue weighted by Gasteiger charge is 2.14. The van der Waals surface area contributed by atoms with Crippen molar-refractivity contribution in [3.8, 4) is 11.5 Å². The summed E-state index contributed by atoms with van der Waals surface area (Å²) in [6, 6.07) is 11.3. The molecule has 8 heteroatoms. The number of halogens is 3. The molecule has 0 amide bonds. The van der Waals surface area contributed by atoms with Gasteiger partial charge in [-0.1, -0.05) is 18.2 Å². The highest BCUT2D eigenvalue weighted by Crippen LogP contribution is 2.23. The molecular weight excluding hydrogens is 359 g/mol. The molecule has 0 aliphatic heterocycles. The number of hydrogen-bond acceptors (Lipinski definition) is 3. The molecule has 0 heterocycles. The van der Waals surface area contributed by atoms with Crippen molar-refractivity contribution >= 4 is 5.96 Å². The van der Waals surface area contributed by atoms with Gasteiger partial charge < -0.3 is 20.1 Å². The van der Waals surface area contributed by atoms with Gasteiger partial charge in [-0.05, 0) is 36.8 Å². The van der Waals surface area contributed by atoms with Crippen molar-refractivity contribution in [3.63, 3.8) is 0 Å². The molecule has 0 fully saturated rings. The molecule has 27 heavy (non-hydrogen) atoms. The van der Waals surface area contributed by atoms with Crippen LogP contribution in [-0.2, 0) is 13.1 Å². The molecule has 0 spiro atoms. The van der Waals surface area contributed by atoms with E-state index in [1.807, 2.05) is 31.2 Å². The largest absolute Gasteiger partial charge is 0.497 e. The number of ether oxygens (including phenoxy) is 2. The predicted octanol–water partition coefficient (Wildman–Crippen LogP) is 3.69. The number of alkyl halides is 2. The van der Waals surface area contributed by atoms with E-state index in [9.17, 15) is 13.2 Å². The zero-order chi connectivity index (χ0) is 19.6. The zero-order valence-corrected chi connectivity index (χ0v) is 15.1. The maximum absolute atomic E-state index is 14.0. The number of nitrogens with zero attached hydrogens (tertiary/aromatic N) is 1. The molecule has 5 nitrogen and oxygen atoms in total. The molecule has 2 aromatic carbocycles. The monoisotopic (exact) mass is 381 g/mol. The van der Waals surface area contributed by atoms with E-state index >= 15 is 0 Å². The Kier molecular flexibility index (Phi) is 7.79. The average Bonchev–Trinajstić information content (AvgIpc) is 2.65. The van der Waals surface area contributed by atoms with Gasteiger partial charge in [-0.15, -0.1) is 0 Å². The molecule has 0 aliphatic rings. The van der Waals surface area contributed by atoms with E-state index in [2.05, 4.69) is 20.4 Å². The first kappa shape index (κ1) is 20.4. The Hall–Kier alpha value is -2.90. The molecular formula is C19H22F3N3O2. The lowest BCUT2D eigenvalue weighted by Crippen LogP contribution is -2.37. The molecule has 0 aliphatic carbocycles. The third-order valence-electron chi connectivity index (χ3n) is 3.62. The van der Waals surface area contributed by atoms with E-state index < -0.39 is 12.4 Å². The van der Waals surface area contributed by atoms with Gasteiger partial charge in [-0.2, -0.15) is 8.78 Å². The summed E-state index contributed by atoms with van der Waals surface area (Å²) in [4.78, 5) is 4.42. The molecule has 2 rings (SSSR count). The number of benzene rings is 2. The Morgan fingerprint density at radius 3 is 2.63 bits per heavy atom. The van der Waals surface area contributed by atoms with E-state index in [0.29, 0.717) is 19.0 Å². The van der Waals surface area contributed by atoms with Crippen LogP contribution in [0.5, 0.6) is 11.5 Å². The number of rotatable bonds is 8. The first-order valence-corrected chi connectivity index (χ1v) is 8.40. The summed E-state index contributed by atoms with van der Waals surface area (Å²) >= 11 is 0. The van der Waals surface area contributed by atoms with Gasteiger partial charge in [0.25, 0.3) is 0 Å². The Morgan fingerprint density at radius 1 is 1.15 bits per heavy atom. The quantitative estimate of drug-likeness (QED) is 0.541. The topological polar surface area (TPSA) is 54.9 Å². The standard InChI is InChI=1S/C19H22F3N3O2/c1-3-23-19(24-11-13-6-4-7-14(10-13)26-2)25-12-15-16(20)8-5-9-17(15)27-18(21)22/h4-10,18H,3,11-12H2,1-2H3,(H2,23,24,25). The lowest BCUT2D eigenvalue weighted by molar-refractivity contribution is -0.0506. The van der Waals surface area contributed by atoms with Crippen molar-refractivity contribution in [2.24, 2.45) is 4.99 Å². The fourth-order valence-corrected chi connectivity index (χ4v) is 2.37. The Balaban J connectivity index is 2.10. The van der Waals surface area contributed by atoms with Crippen molar-refractivity contribution < 1.29 is 22.6 Å². The molecule has 0 saturated carbocycles. The van der Waals surface area contributed by atoms with E-state index in [4.69, 9.17) is 4.74 Å². The summed E-state index contributed by atoms with van der Waals surface area (Å²) < 4.78 is 48.6. The summed E-state index contributed by atoms with van der Waals surface area (Å²) in [6.45, 7) is -0.248. The second-order valence-corrected chi connectivity index (χ2v) is 5.50. The molecule has 0 saturated heterocycles. The van der Waals surface area contributed by atoms with Gasteiger partial charge in [0.05, 0.1) is 13.7 Å². The van der Waals surface area contributed by atoms with Crippen LogP contribution in [0.2, 0.25) is 0 Å². The molecule has 0 unspecified atom stereocenters. The second-order valence-electron chi connectivity index (χ2n) is 5.50. The molecule has 2 aromatic rings. The highest BCUT2D eigenvalue weighted by atomic mass is 19.3. The number of nitrogens with one attached hydrogen (secondary N) is 2. The lowest BCUT2D eigenvalue weighted by atomic mass is 10.2. The van der Waals surface area contributed by atoms with Crippen LogP contribution in [0.3, 0.4) is 0 Å². The number of guanidine groups is 1. The Labute approximate surface area is 156 Å². The molecule has 0 atom stereocenters. The lowest BCUT2D eigenvalue weighted by Gasteiger charge is -2.15. The average molecular weight is 381 g/mol. The van der Waals surface area contributed by atoms with Crippen LogP contribution in [0, 0.1) is 5.82 Å². The van der Waals surface area contributed by atoms with Crippen LogP contribution in [0.1, 0.15) is 18.1 Å². The van der Waals surface area contributed by atoms with E-state index in [1.54, 1.807) is 7.11 Å². The van der Waals surface area contributed by atoms with Crippen LogP contribution in [-0.4, -0.2) is 26.2 Å².